The number of fused-ring (bicyclic) bond motifs is 1. The third kappa shape index (κ3) is 3.43. The fourth-order valence-electron chi connectivity index (χ4n) is 3.05. The molecule has 5 nitrogen and oxygen atoms in total. The third-order valence-electron chi connectivity index (χ3n) is 4.12. The fourth-order valence-corrected chi connectivity index (χ4v) is 3.05. The number of aromatic amines is 1. The molecule has 1 aliphatic rings. The Hall–Kier alpha value is -1.85. The maximum atomic E-state index is 10.7. The average Bonchev–Trinajstić information content (AvgIpc) is 2.89. The summed E-state index contributed by atoms with van der Waals surface area (Å²) in [5, 5.41) is 13.6. The second-order valence-corrected chi connectivity index (χ2v) is 5.66. The van der Waals surface area contributed by atoms with Crippen molar-refractivity contribution >= 4 is 16.9 Å². The van der Waals surface area contributed by atoms with Crippen molar-refractivity contribution in [2.45, 2.75) is 18.9 Å². The number of hydrogen-bond donors (Lipinski definition) is 3. The van der Waals surface area contributed by atoms with Crippen LogP contribution in [0, 0.1) is 0 Å². The number of carboxylic acids is 1. The number of hydrogen-bond acceptors (Lipinski definition) is 3. The molecule has 0 amide bonds. The maximum Gasteiger partial charge on any atom is 0.304 e. The Kier molecular flexibility index (Phi) is 4.22. The van der Waals surface area contributed by atoms with E-state index in [-0.39, 0.29) is 6.42 Å². The van der Waals surface area contributed by atoms with Crippen LogP contribution in [-0.4, -0.2) is 53.2 Å². The van der Waals surface area contributed by atoms with Crippen molar-refractivity contribution < 1.29 is 9.90 Å². The Balaban J connectivity index is 1.63. The van der Waals surface area contributed by atoms with Gasteiger partial charge in [0.2, 0.25) is 0 Å². The molecule has 3 rings (SSSR count). The molecule has 1 unspecified atom stereocenters. The molecule has 0 radical (unpaired) electrons. The first-order valence-corrected chi connectivity index (χ1v) is 7.45. The van der Waals surface area contributed by atoms with Crippen LogP contribution in [0.25, 0.3) is 10.9 Å². The molecular formula is C16H21N3O2. The van der Waals surface area contributed by atoms with E-state index in [1.165, 1.54) is 16.5 Å². The normalized spacial score (nSPS) is 19.9. The van der Waals surface area contributed by atoms with E-state index in [2.05, 4.69) is 39.6 Å². The van der Waals surface area contributed by atoms with Crippen molar-refractivity contribution in [2.24, 2.45) is 0 Å². The van der Waals surface area contributed by atoms with E-state index >= 15 is 0 Å². The summed E-state index contributed by atoms with van der Waals surface area (Å²) in [6.45, 7) is 3.40. The molecule has 2 aromatic rings. The minimum atomic E-state index is -0.721. The van der Waals surface area contributed by atoms with Gasteiger partial charge in [0, 0.05) is 49.3 Å². The summed E-state index contributed by atoms with van der Waals surface area (Å²) < 4.78 is 0. The van der Waals surface area contributed by atoms with Crippen LogP contribution < -0.4 is 5.32 Å². The number of rotatable bonds is 5. The first-order valence-electron chi connectivity index (χ1n) is 7.45. The van der Waals surface area contributed by atoms with Crippen molar-refractivity contribution in [3.8, 4) is 0 Å². The SMILES string of the molecule is O=C(O)CCN1CCNC(Cc2c[nH]c3ccccc23)C1. The van der Waals surface area contributed by atoms with Crippen LogP contribution in [0.5, 0.6) is 0 Å². The Labute approximate surface area is 124 Å². The first kappa shape index (κ1) is 14.1. The van der Waals surface area contributed by atoms with Gasteiger partial charge in [-0.1, -0.05) is 18.2 Å². The fraction of sp³-hybridized carbons (Fsp3) is 0.438. The number of carboxylic acid groups (broad SMARTS) is 1. The summed E-state index contributed by atoms with van der Waals surface area (Å²) in [5.41, 5.74) is 2.49. The summed E-state index contributed by atoms with van der Waals surface area (Å²) in [6.07, 6.45) is 3.27. The van der Waals surface area contributed by atoms with Crippen molar-refractivity contribution in [3.63, 3.8) is 0 Å². The molecule has 21 heavy (non-hydrogen) atoms. The Morgan fingerprint density at radius 1 is 1.38 bits per heavy atom. The van der Waals surface area contributed by atoms with E-state index in [1.807, 2.05) is 6.07 Å². The second kappa shape index (κ2) is 6.28. The summed E-state index contributed by atoms with van der Waals surface area (Å²) in [7, 11) is 0. The number of benzene rings is 1. The third-order valence-corrected chi connectivity index (χ3v) is 4.12. The van der Waals surface area contributed by atoms with Gasteiger partial charge in [-0.05, 0) is 18.1 Å². The molecular weight excluding hydrogens is 266 g/mol. The summed E-state index contributed by atoms with van der Waals surface area (Å²) >= 11 is 0. The predicted molar refractivity (Wildman–Crippen MR) is 82.5 cm³/mol. The molecule has 1 fully saturated rings. The van der Waals surface area contributed by atoms with E-state index in [4.69, 9.17) is 5.11 Å². The van der Waals surface area contributed by atoms with Crippen LogP contribution >= 0.6 is 0 Å². The van der Waals surface area contributed by atoms with Crippen molar-refractivity contribution in [2.75, 3.05) is 26.2 Å². The van der Waals surface area contributed by atoms with E-state index in [0.29, 0.717) is 12.6 Å². The molecule has 1 saturated heterocycles. The van der Waals surface area contributed by atoms with Gasteiger partial charge in [-0.2, -0.15) is 0 Å². The van der Waals surface area contributed by atoms with E-state index in [9.17, 15) is 4.79 Å². The van der Waals surface area contributed by atoms with Gasteiger partial charge in [0.1, 0.15) is 0 Å². The standard InChI is InChI=1S/C16H21N3O2/c20-16(21)5-7-19-8-6-17-13(11-19)9-12-10-18-15-4-2-1-3-14(12)15/h1-4,10,13,17-18H,5-9,11H2,(H,20,21). The zero-order chi connectivity index (χ0) is 14.7. The van der Waals surface area contributed by atoms with Crippen LogP contribution in [0.3, 0.4) is 0 Å². The monoisotopic (exact) mass is 287 g/mol. The number of nitrogens with zero attached hydrogens (tertiary/aromatic N) is 1. The number of para-hydroxylation sites is 1. The van der Waals surface area contributed by atoms with Gasteiger partial charge in [-0.25, -0.2) is 0 Å². The number of carbonyl (C=O) groups is 1. The molecule has 1 aliphatic heterocycles. The lowest BCUT2D eigenvalue weighted by molar-refractivity contribution is -0.137. The van der Waals surface area contributed by atoms with Crippen LogP contribution in [0.4, 0.5) is 0 Å². The average molecular weight is 287 g/mol. The van der Waals surface area contributed by atoms with Gasteiger partial charge in [0.25, 0.3) is 0 Å². The predicted octanol–water partition coefficient (Wildman–Crippen LogP) is 1.46. The molecule has 0 saturated carbocycles. The highest BCUT2D eigenvalue weighted by atomic mass is 16.4. The minimum Gasteiger partial charge on any atom is -0.481 e. The smallest absolute Gasteiger partial charge is 0.304 e. The second-order valence-electron chi connectivity index (χ2n) is 5.66. The Bertz CT molecular complexity index is 623. The molecule has 0 aliphatic carbocycles. The van der Waals surface area contributed by atoms with E-state index < -0.39 is 5.97 Å². The quantitative estimate of drug-likeness (QED) is 0.779. The zero-order valence-electron chi connectivity index (χ0n) is 12.0. The van der Waals surface area contributed by atoms with Gasteiger partial charge in [0.15, 0.2) is 0 Å². The lowest BCUT2D eigenvalue weighted by Gasteiger charge is -2.33. The molecule has 1 aromatic carbocycles. The van der Waals surface area contributed by atoms with Crippen molar-refractivity contribution in [1.29, 1.82) is 0 Å². The van der Waals surface area contributed by atoms with Gasteiger partial charge >= 0.3 is 5.97 Å². The van der Waals surface area contributed by atoms with Crippen LogP contribution in [-0.2, 0) is 11.2 Å². The summed E-state index contributed by atoms with van der Waals surface area (Å²) in [4.78, 5) is 16.2. The zero-order valence-corrected chi connectivity index (χ0v) is 12.0. The molecule has 112 valence electrons. The number of aromatic nitrogens is 1. The lowest BCUT2D eigenvalue weighted by atomic mass is 10.0. The highest BCUT2D eigenvalue weighted by Gasteiger charge is 2.20. The number of H-pyrrole nitrogens is 1. The highest BCUT2D eigenvalue weighted by molar-refractivity contribution is 5.83. The lowest BCUT2D eigenvalue weighted by Crippen LogP contribution is -2.51. The first-order chi connectivity index (χ1) is 10.2. The van der Waals surface area contributed by atoms with E-state index in [1.54, 1.807) is 0 Å². The molecule has 5 heteroatoms. The highest BCUT2D eigenvalue weighted by Crippen LogP contribution is 2.19. The molecule has 2 heterocycles. The molecule has 1 aromatic heterocycles. The summed E-state index contributed by atoms with van der Waals surface area (Å²) in [6, 6.07) is 8.72. The van der Waals surface area contributed by atoms with Gasteiger partial charge in [0.05, 0.1) is 6.42 Å². The topological polar surface area (TPSA) is 68.4 Å². The van der Waals surface area contributed by atoms with Crippen molar-refractivity contribution in [3.05, 3.63) is 36.0 Å². The summed E-state index contributed by atoms with van der Waals surface area (Å²) in [5.74, 6) is -0.721. The number of aliphatic carboxylic acids is 1. The van der Waals surface area contributed by atoms with Gasteiger partial charge in [-0.3, -0.25) is 9.69 Å². The molecule has 0 spiro atoms. The van der Waals surface area contributed by atoms with Gasteiger partial charge in [-0.15, -0.1) is 0 Å². The molecule has 0 bridgehead atoms. The largest absolute Gasteiger partial charge is 0.481 e. The molecule has 1 atom stereocenters. The number of nitrogens with one attached hydrogen (secondary N) is 2. The Morgan fingerprint density at radius 2 is 2.24 bits per heavy atom. The Morgan fingerprint density at radius 3 is 3.10 bits per heavy atom. The van der Waals surface area contributed by atoms with Crippen LogP contribution in [0.2, 0.25) is 0 Å². The van der Waals surface area contributed by atoms with Crippen LogP contribution in [0.1, 0.15) is 12.0 Å². The van der Waals surface area contributed by atoms with Gasteiger partial charge < -0.3 is 15.4 Å². The van der Waals surface area contributed by atoms with Crippen molar-refractivity contribution in [1.82, 2.24) is 15.2 Å². The van der Waals surface area contributed by atoms with E-state index in [0.717, 1.165) is 26.1 Å². The molecule has 3 N–H and O–H groups in total. The maximum absolute atomic E-state index is 10.7. The number of piperazine rings is 1. The minimum absolute atomic E-state index is 0.222. The van der Waals surface area contributed by atoms with Crippen LogP contribution in [0.15, 0.2) is 30.5 Å².